The molecule has 2 aromatic carbocycles. The summed E-state index contributed by atoms with van der Waals surface area (Å²) in [6, 6.07) is 11.7. The highest BCUT2D eigenvalue weighted by molar-refractivity contribution is 6.30. The second-order valence-electron chi connectivity index (χ2n) is 7.19. The van der Waals surface area contributed by atoms with Crippen LogP contribution in [0.15, 0.2) is 41.4 Å². The molecule has 152 valence electrons. The van der Waals surface area contributed by atoms with Crippen molar-refractivity contribution in [3.63, 3.8) is 0 Å². The van der Waals surface area contributed by atoms with Crippen LogP contribution < -0.4 is 14.4 Å². The summed E-state index contributed by atoms with van der Waals surface area (Å²) in [7, 11) is 1.64. The largest absolute Gasteiger partial charge is 0.493 e. The average molecular weight is 414 g/mol. The minimum absolute atomic E-state index is 0.325. The number of rotatable bonds is 7. The van der Waals surface area contributed by atoms with Crippen molar-refractivity contribution in [3.05, 3.63) is 47.0 Å². The monoisotopic (exact) mass is 413 g/mol. The molecule has 2 aliphatic heterocycles. The van der Waals surface area contributed by atoms with Crippen molar-refractivity contribution in [1.29, 1.82) is 0 Å². The van der Waals surface area contributed by atoms with Crippen molar-refractivity contribution < 1.29 is 14.3 Å². The van der Waals surface area contributed by atoms with E-state index in [0.717, 1.165) is 36.4 Å². The molecule has 29 heavy (non-hydrogen) atoms. The van der Waals surface area contributed by atoms with Gasteiger partial charge in [0.2, 0.25) is 0 Å². The lowest BCUT2D eigenvalue weighted by atomic mass is 10.1. The Morgan fingerprint density at radius 1 is 1.21 bits per heavy atom. The molecule has 2 aromatic rings. The fourth-order valence-electron chi connectivity index (χ4n) is 3.69. The van der Waals surface area contributed by atoms with Crippen molar-refractivity contribution in [2.45, 2.75) is 12.8 Å². The molecule has 0 bridgehead atoms. The van der Waals surface area contributed by atoms with Crippen LogP contribution >= 0.6 is 11.6 Å². The molecule has 0 radical (unpaired) electrons. The Balaban J connectivity index is 1.47. The molecule has 0 atom stereocenters. The number of methoxy groups -OCH3 is 1. The number of hydrogen-bond donors (Lipinski definition) is 0. The lowest BCUT2D eigenvalue weighted by Gasteiger charge is -2.28. The summed E-state index contributed by atoms with van der Waals surface area (Å²) in [6.07, 6.45) is 3.39. The first-order valence-electron chi connectivity index (χ1n) is 9.76. The number of carbonyl (C=O) groups is 1. The Hall–Kier alpha value is -2.57. The number of fused-ring (bicyclic) bond motifs is 1. The summed E-state index contributed by atoms with van der Waals surface area (Å²) in [4.78, 5) is 20.1. The van der Waals surface area contributed by atoms with E-state index < -0.39 is 0 Å². The van der Waals surface area contributed by atoms with Gasteiger partial charge >= 0.3 is 0 Å². The molecule has 7 heteroatoms. The van der Waals surface area contributed by atoms with E-state index in [4.69, 9.17) is 21.1 Å². The number of carbonyl (C=O) groups excluding carboxylic acids is 1. The van der Waals surface area contributed by atoms with Gasteiger partial charge in [-0.15, -0.1) is 0 Å². The van der Waals surface area contributed by atoms with Gasteiger partial charge in [0.1, 0.15) is 12.5 Å². The molecule has 1 saturated heterocycles. The van der Waals surface area contributed by atoms with Gasteiger partial charge < -0.3 is 14.4 Å². The maximum atomic E-state index is 11.4. The van der Waals surface area contributed by atoms with Crippen LogP contribution in [0.4, 0.5) is 11.4 Å². The number of ketones is 1. The molecule has 2 aliphatic rings. The van der Waals surface area contributed by atoms with Crippen molar-refractivity contribution >= 4 is 35.0 Å². The second-order valence-corrected chi connectivity index (χ2v) is 7.63. The Morgan fingerprint density at radius 3 is 2.86 bits per heavy atom. The van der Waals surface area contributed by atoms with Crippen molar-refractivity contribution in [2.24, 2.45) is 4.99 Å². The summed E-state index contributed by atoms with van der Waals surface area (Å²) in [5.41, 5.74) is 2.95. The van der Waals surface area contributed by atoms with Gasteiger partial charge in [0.15, 0.2) is 11.5 Å². The topological polar surface area (TPSA) is 54.4 Å². The normalized spacial score (nSPS) is 16.2. The molecule has 2 heterocycles. The minimum Gasteiger partial charge on any atom is -0.493 e. The van der Waals surface area contributed by atoms with E-state index in [1.165, 1.54) is 0 Å². The average Bonchev–Trinajstić information content (AvgIpc) is 3.15. The van der Waals surface area contributed by atoms with Gasteiger partial charge in [-0.25, -0.2) is 0 Å². The van der Waals surface area contributed by atoms with E-state index in [1.54, 1.807) is 7.11 Å². The fraction of sp³-hybridized carbons (Fsp3) is 0.364. The summed E-state index contributed by atoms with van der Waals surface area (Å²) < 4.78 is 11.6. The SMILES string of the molecule is COc1cc2c(cc1OCCCN1CCC(=O)C1)C=NCN2c1cccc(Cl)c1. The number of hydrogen-bond acceptors (Lipinski definition) is 6. The molecule has 1 fully saturated rings. The number of Topliss-reactive ketones (excluding diaryl/α,β-unsaturated/α-hetero) is 1. The minimum atomic E-state index is 0.325. The van der Waals surface area contributed by atoms with Crippen LogP contribution in [0.1, 0.15) is 18.4 Å². The Morgan fingerprint density at radius 2 is 2.10 bits per heavy atom. The standard InChI is InChI=1S/C22H24ClN3O3/c1-28-21-12-20-16(13-24-15-26(20)18-5-2-4-17(23)11-18)10-22(21)29-9-3-7-25-8-6-19(27)14-25/h2,4-5,10-13H,3,6-9,14-15H2,1H3. The zero-order valence-corrected chi connectivity index (χ0v) is 17.2. The first kappa shape index (κ1) is 19.7. The third-order valence-electron chi connectivity index (χ3n) is 5.16. The molecule has 0 N–H and O–H groups in total. The number of ether oxygens (including phenoxy) is 2. The van der Waals surface area contributed by atoms with Gasteiger partial charge in [0, 0.05) is 48.1 Å². The maximum absolute atomic E-state index is 11.4. The van der Waals surface area contributed by atoms with Crippen LogP contribution in [0.2, 0.25) is 5.02 Å². The predicted molar refractivity (Wildman–Crippen MR) is 115 cm³/mol. The quantitative estimate of drug-likeness (QED) is 0.644. The number of likely N-dealkylation sites (tertiary alicyclic amines) is 1. The van der Waals surface area contributed by atoms with E-state index in [1.807, 2.05) is 42.6 Å². The van der Waals surface area contributed by atoms with Crippen LogP contribution in [-0.2, 0) is 4.79 Å². The van der Waals surface area contributed by atoms with Crippen molar-refractivity contribution in [2.75, 3.05) is 44.9 Å². The molecular weight excluding hydrogens is 390 g/mol. The summed E-state index contributed by atoms with van der Waals surface area (Å²) in [6.45, 7) is 3.37. The van der Waals surface area contributed by atoms with E-state index in [9.17, 15) is 4.79 Å². The molecule has 0 unspecified atom stereocenters. The lowest BCUT2D eigenvalue weighted by molar-refractivity contribution is -0.116. The van der Waals surface area contributed by atoms with Crippen LogP contribution in [0.3, 0.4) is 0 Å². The Kier molecular flexibility index (Phi) is 6.02. The second kappa shape index (κ2) is 8.84. The predicted octanol–water partition coefficient (Wildman–Crippen LogP) is 3.92. The summed E-state index contributed by atoms with van der Waals surface area (Å²) >= 11 is 6.17. The lowest BCUT2D eigenvalue weighted by Crippen LogP contribution is -2.23. The zero-order valence-electron chi connectivity index (χ0n) is 16.4. The van der Waals surface area contributed by atoms with Gasteiger partial charge in [-0.2, -0.15) is 0 Å². The third kappa shape index (κ3) is 4.54. The number of halogens is 1. The van der Waals surface area contributed by atoms with Gasteiger partial charge in [0.25, 0.3) is 0 Å². The molecule has 4 rings (SSSR count). The summed E-state index contributed by atoms with van der Waals surface area (Å²) in [5.74, 6) is 1.70. The van der Waals surface area contributed by atoms with Crippen LogP contribution in [0, 0.1) is 0 Å². The molecule has 0 amide bonds. The van der Waals surface area contributed by atoms with E-state index >= 15 is 0 Å². The van der Waals surface area contributed by atoms with Crippen molar-refractivity contribution in [1.82, 2.24) is 4.90 Å². The first-order chi connectivity index (χ1) is 14.1. The van der Waals surface area contributed by atoms with Crippen LogP contribution in [0.5, 0.6) is 11.5 Å². The highest BCUT2D eigenvalue weighted by Crippen LogP contribution is 2.39. The number of anilines is 2. The first-order valence-corrected chi connectivity index (χ1v) is 10.1. The summed E-state index contributed by atoms with van der Waals surface area (Å²) in [5, 5.41) is 0.685. The van der Waals surface area contributed by atoms with E-state index in [2.05, 4.69) is 14.8 Å². The van der Waals surface area contributed by atoms with Gasteiger partial charge in [-0.3, -0.25) is 14.7 Å². The number of nitrogens with zero attached hydrogens (tertiary/aromatic N) is 3. The van der Waals surface area contributed by atoms with E-state index in [-0.39, 0.29) is 0 Å². The Bertz CT molecular complexity index is 932. The highest BCUT2D eigenvalue weighted by atomic mass is 35.5. The maximum Gasteiger partial charge on any atom is 0.162 e. The highest BCUT2D eigenvalue weighted by Gasteiger charge is 2.21. The van der Waals surface area contributed by atoms with E-state index in [0.29, 0.717) is 48.5 Å². The number of aliphatic imine (C=N–C) groups is 1. The molecular formula is C22H24ClN3O3. The third-order valence-corrected chi connectivity index (χ3v) is 5.40. The fourth-order valence-corrected chi connectivity index (χ4v) is 3.87. The smallest absolute Gasteiger partial charge is 0.162 e. The molecule has 0 aliphatic carbocycles. The van der Waals surface area contributed by atoms with Crippen LogP contribution in [0.25, 0.3) is 0 Å². The molecule has 6 nitrogen and oxygen atoms in total. The molecule has 0 saturated carbocycles. The van der Waals surface area contributed by atoms with Gasteiger partial charge in [-0.1, -0.05) is 17.7 Å². The van der Waals surface area contributed by atoms with Crippen molar-refractivity contribution in [3.8, 4) is 11.5 Å². The van der Waals surface area contributed by atoms with Gasteiger partial charge in [0.05, 0.1) is 25.9 Å². The Labute approximate surface area is 175 Å². The van der Waals surface area contributed by atoms with Crippen LogP contribution in [-0.4, -0.2) is 56.9 Å². The van der Waals surface area contributed by atoms with Gasteiger partial charge in [-0.05, 0) is 30.7 Å². The molecule has 0 spiro atoms. The molecule has 0 aromatic heterocycles. The zero-order chi connectivity index (χ0) is 20.2. The number of benzene rings is 2.